The molecule has 2 aromatic carbocycles. The Hall–Kier alpha value is -2.23. The summed E-state index contributed by atoms with van der Waals surface area (Å²) >= 11 is 6.19. The summed E-state index contributed by atoms with van der Waals surface area (Å²) in [6.45, 7) is 0. The number of sulfonamides is 1. The Morgan fingerprint density at radius 3 is 2.48 bits per heavy atom. The molecule has 1 fully saturated rings. The predicted molar refractivity (Wildman–Crippen MR) is 113 cm³/mol. The fourth-order valence-electron chi connectivity index (χ4n) is 3.84. The number of halogens is 4. The maximum atomic E-state index is 12.9. The third-order valence-electron chi connectivity index (χ3n) is 5.28. The second-order valence-electron chi connectivity index (χ2n) is 7.58. The standard InChI is InChI=1S/C21H20ClF3N2O3S/c22-17-8-6-13(12-20(17)31(28,29)27-15-4-2-1-3-5-15)19-11-14-10-16(30-21(23,24)25)7-9-18(14)26-19/h6-12,15,26-27H,1-5H2. The zero-order valence-corrected chi connectivity index (χ0v) is 17.9. The summed E-state index contributed by atoms with van der Waals surface area (Å²) in [6, 6.07) is 10.1. The van der Waals surface area contributed by atoms with Gasteiger partial charge in [-0.15, -0.1) is 13.2 Å². The van der Waals surface area contributed by atoms with Gasteiger partial charge in [0.2, 0.25) is 10.0 Å². The summed E-state index contributed by atoms with van der Waals surface area (Å²) in [7, 11) is -3.82. The van der Waals surface area contributed by atoms with Crippen molar-refractivity contribution in [2.45, 2.75) is 49.4 Å². The highest BCUT2D eigenvalue weighted by Crippen LogP contribution is 2.33. The number of alkyl halides is 3. The maximum Gasteiger partial charge on any atom is 0.573 e. The summed E-state index contributed by atoms with van der Waals surface area (Å²) in [4.78, 5) is 3.06. The molecule has 0 bridgehead atoms. The average molecular weight is 473 g/mol. The van der Waals surface area contributed by atoms with Gasteiger partial charge in [0.25, 0.3) is 0 Å². The van der Waals surface area contributed by atoms with Crippen molar-refractivity contribution in [1.29, 1.82) is 0 Å². The highest BCUT2D eigenvalue weighted by molar-refractivity contribution is 7.89. The van der Waals surface area contributed by atoms with Crippen LogP contribution in [0.4, 0.5) is 13.2 Å². The summed E-state index contributed by atoms with van der Waals surface area (Å²) in [5.41, 5.74) is 1.68. The summed E-state index contributed by atoms with van der Waals surface area (Å²) < 4.78 is 70.0. The monoisotopic (exact) mass is 472 g/mol. The number of ether oxygens (including phenoxy) is 1. The largest absolute Gasteiger partial charge is 0.573 e. The number of aromatic amines is 1. The number of hydrogen-bond acceptors (Lipinski definition) is 3. The predicted octanol–water partition coefficient (Wildman–Crippen LogP) is 6.00. The molecule has 0 aliphatic heterocycles. The van der Waals surface area contributed by atoms with Crippen LogP contribution in [0.3, 0.4) is 0 Å². The number of benzene rings is 2. The van der Waals surface area contributed by atoms with E-state index in [0.717, 1.165) is 32.1 Å². The van der Waals surface area contributed by atoms with E-state index < -0.39 is 16.4 Å². The van der Waals surface area contributed by atoms with Crippen LogP contribution in [-0.2, 0) is 10.0 Å². The lowest BCUT2D eigenvalue weighted by atomic mass is 9.96. The zero-order valence-electron chi connectivity index (χ0n) is 16.3. The molecule has 0 spiro atoms. The van der Waals surface area contributed by atoms with E-state index in [1.807, 2.05) is 0 Å². The molecule has 31 heavy (non-hydrogen) atoms. The van der Waals surface area contributed by atoms with Gasteiger partial charge in [0, 0.05) is 22.6 Å². The van der Waals surface area contributed by atoms with Crippen molar-refractivity contribution in [2.75, 3.05) is 0 Å². The van der Waals surface area contributed by atoms with Crippen molar-refractivity contribution >= 4 is 32.5 Å². The summed E-state index contributed by atoms with van der Waals surface area (Å²) in [6.07, 6.45) is -0.129. The normalized spacial score (nSPS) is 16.0. The van der Waals surface area contributed by atoms with E-state index >= 15 is 0 Å². The van der Waals surface area contributed by atoms with E-state index in [1.54, 1.807) is 12.1 Å². The van der Waals surface area contributed by atoms with E-state index in [4.69, 9.17) is 11.6 Å². The number of rotatable bonds is 5. The molecule has 0 radical (unpaired) electrons. The van der Waals surface area contributed by atoms with Gasteiger partial charge >= 0.3 is 6.36 Å². The van der Waals surface area contributed by atoms with Gasteiger partial charge in [-0.25, -0.2) is 13.1 Å². The van der Waals surface area contributed by atoms with Crippen molar-refractivity contribution in [3.05, 3.63) is 47.5 Å². The van der Waals surface area contributed by atoms with Crippen LogP contribution in [0.25, 0.3) is 22.2 Å². The van der Waals surface area contributed by atoms with Crippen LogP contribution < -0.4 is 9.46 Å². The molecule has 1 aliphatic carbocycles. The minimum atomic E-state index is -4.78. The Morgan fingerprint density at radius 2 is 1.77 bits per heavy atom. The zero-order chi connectivity index (χ0) is 22.2. The van der Waals surface area contributed by atoms with Crippen molar-refractivity contribution in [1.82, 2.24) is 9.71 Å². The fourth-order valence-corrected chi connectivity index (χ4v) is 5.67. The summed E-state index contributed by atoms with van der Waals surface area (Å²) in [5.74, 6) is -0.332. The van der Waals surface area contributed by atoms with Crippen molar-refractivity contribution in [3.8, 4) is 17.0 Å². The van der Waals surface area contributed by atoms with Gasteiger partial charge in [0.15, 0.2) is 0 Å². The molecule has 1 heterocycles. The first-order chi connectivity index (χ1) is 14.6. The SMILES string of the molecule is O=S(=O)(NC1CCCCC1)c1cc(-c2cc3cc(OC(F)(F)F)ccc3[nH]2)ccc1Cl. The molecule has 0 atom stereocenters. The fraction of sp³-hybridized carbons (Fsp3) is 0.333. The lowest BCUT2D eigenvalue weighted by Gasteiger charge is -2.23. The van der Waals surface area contributed by atoms with Crippen LogP contribution in [0.15, 0.2) is 47.4 Å². The van der Waals surface area contributed by atoms with Gasteiger partial charge in [-0.3, -0.25) is 0 Å². The topological polar surface area (TPSA) is 71.2 Å². The van der Waals surface area contributed by atoms with Crippen LogP contribution in [0.2, 0.25) is 5.02 Å². The molecule has 10 heteroatoms. The molecule has 1 saturated carbocycles. The van der Waals surface area contributed by atoms with Crippen LogP contribution in [0.1, 0.15) is 32.1 Å². The first-order valence-electron chi connectivity index (χ1n) is 9.81. The van der Waals surface area contributed by atoms with Gasteiger partial charge in [0.05, 0.1) is 5.02 Å². The molecule has 4 rings (SSSR count). The number of nitrogens with one attached hydrogen (secondary N) is 2. The highest BCUT2D eigenvalue weighted by Gasteiger charge is 2.31. The first-order valence-corrected chi connectivity index (χ1v) is 11.7. The Morgan fingerprint density at radius 1 is 1.03 bits per heavy atom. The molecular weight excluding hydrogens is 453 g/mol. The van der Waals surface area contributed by atoms with Crippen molar-refractivity contribution in [2.24, 2.45) is 0 Å². The van der Waals surface area contributed by atoms with Crippen LogP contribution in [0.5, 0.6) is 5.75 Å². The van der Waals surface area contributed by atoms with E-state index in [2.05, 4.69) is 14.4 Å². The second kappa shape index (κ2) is 8.37. The Labute approximate surface area is 182 Å². The average Bonchev–Trinajstić information content (AvgIpc) is 3.10. The molecule has 166 valence electrons. The van der Waals surface area contributed by atoms with E-state index in [1.165, 1.54) is 30.3 Å². The van der Waals surface area contributed by atoms with Gasteiger partial charge in [0.1, 0.15) is 10.6 Å². The minimum absolute atomic E-state index is 0.0306. The number of hydrogen-bond donors (Lipinski definition) is 2. The van der Waals surface area contributed by atoms with E-state index in [-0.39, 0.29) is 21.7 Å². The molecule has 5 nitrogen and oxygen atoms in total. The lowest BCUT2D eigenvalue weighted by molar-refractivity contribution is -0.274. The third-order valence-corrected chi connectivity index (χ3v) is 7.29. The van der Waals surface area contributed by atoms with Gasteiger partial charge in [-0.05, 0) is 54.8 Å². The second-order valence-corrected chi connectivity index (χ2v) is 9.67. The maximum absolute atomic E-state index is 12.9. The van der Waals surface area contributed by atoms with Gasteiger partial charge in [-0.1, -0.05) is 36.9 Å². The highest BCUT2D eigenvalue weighted by atomic mass is 35.5. The van der Waals surface area contributed by atoms with E-state index in [0.29, 0.717) is 22.2 Å². The Bertz CT molecular complexity index is 1200. The number of aromatic nitrogens is 1. The summed E-state index contributed by atoms with van der Waals surface area (Å²) in [5, 5.41) is 0.598. The Balaban J connectivity index is 1.65. The number of H-pyrrole nitrogens is 1. The quantitative estimate of drug-likeness (QED) is 0.478. The molecule has 2 N–H and O–H groups in total. The van der Waals surface area contributed by atoms with Gasteiger partial charge < -0.3 is 9.72 Å². The van der Waals surface area contributed by atoms with Crippen molar-refractivity contribution < 1.29 is 26.3 Å². The molecule has 0 unspecified atom stereocenters. The molecule has 0 saturated heterocycles. The third kappa shape index (κ3) is 5.16. The smallest absolute Gasteiger partial charge is 0.406 e. The van der Waals surface area contributed by atoms with Crippen molar-refractivity contribution in [3.63, 3.8) is 0 Å². The molecule has 3 aromatic rings. The van der Waals surface area contributed by atoms with Gasteiger partial charge in [-0.2, -0.15) is 0 Å². The van der Waals surface area contributed by atoms with Crippen LogP contribution >= 0.6 is 11.6 Å². The molecule has 0 amide bonds. The molecule has 1 aromatic heterocycles. The minimum Gasteiger partial charge on any atom is -0.406 e. The Kier molecular flexibility index (Phi) is 5.93. The number of fused-ring (bicyclic) bond motifs is 1. The van der Waals surface area contributed by atoms with Crippen LogP contribution in [-0.4, -0.2) is 25.8 Å². The van der Waals surface area contributed by atoms with E-state index in [9.17, 15) is 21.6 Å². The molecule has 1 aliphatic rings. The molecular formula is C21H20ClF3N2O3S. The lowest BCUT2D eigenvalue weighted by Crippen LogP contribution is -2.36. The van der Waals surface area contributed by atoms with Crippen LogP contribution in [0, 0.1) is 0 Å². The first kappa shape index (κ1) is 22.0.